The SMILES string of the molecule is NCC1(Cc2cc(Br)ccc2F)CCCCC1O. The van der Waals surface area contributed by atoms with E-state index < -0.39 is 6.10 Å². The van der Waals surface area contributed by atoms with Crippen molar-refractivity contribution in [1.82, 2.24) is 0 Å². The van der Waals surface area contributed by atoms with Crippen molar-refractivity contribution in [2.24, 2.45) is 11.1 Å². The summed E-state index contributed by atoms with van der Waals surface area (Å²) < 4.78 is 14.7. The molecule has 0 heterocycles. The standard InChI is InChI=1S/C14H19BrFNO/c15-11-4-5-12(16)10(7-11)8-14(9-17)6-2-1-3-13(14)18/h4-5,7,13,18H,1-3,6,8-9,17H2. The number of rotatable bonds is 3. The van der Waals surface area contributed by atoms with Gasteiger partial charge in [-0.3, -0.25) is 0 Å². The smallest absolute Gasteiger partial charge is 0.126 e. The highest BCUT2D eigenvalue weighted by atomic mass is 79.9. The molecule has 1 aliphatic rings. The Morgan fingerprint density at radius 3 is 2.89 bits per heavy atom. The summed E-state index contributed by atoms with van der Waals surface area (Å²) in [5, 5.41) is 10.2. The van der Waals surface area contributed by atoms with Gasteiger partial charge >= 0.3 is 0 Å². The van der Waals surface area contributed by atoms with Crippen LogP contribution in [0.1, 0.15) is 31.2 Å². The molecule has 0 aliphatic heterocycles. The van der Waals surface area contributed by atoms with Crippen LogP contribution in [0.4, 0.5) is 4.39 Å². The lowest BCUT2D eigenvalue weighted by Crippen LogP contribution is -2.45. The van der Waals surface area contributed by atoms with E-state index in [0.717, 1.165) is 30.2 Å². The fraction of sp³-hybridized carbons (Fsp3) is 0.571. The van der Waals surface area contributed by atoms with E-state index in [1.165, 1.54) is 6.07 Å². The number of halogens is 2. The Bertz CT molecular complexity index is 426. The Balaban J connectivity index is 2.26. The van der Waals surface area contributed by atoms with Crippen LogP contribution in [0.3, 0.4) is 0 Å². The summed E-state index contributed by atoms with van der Waals surface area (Å²) in [6, 6.07) is 4.93. The van der Waals surface area contributed by atoms with Crippen molar-refractivity contribution in [3.63, 3.8) is 0 Å². The van der Waals surface area contributed by atoms with Gasteiger partial charge in [-0.05, 0) is 43.0 Å². The zero-order chi connectivity index (χ0) is 13.2. The third-order valence-corrected chi connectivity index (χ3v) is 4.56. The van der Waals surface area contributed by atoms with Gasteiger partial charge in [-0.2, -0.15) is 0 Å². The van der Waals surface area contributed by atoms with Crippen molar-refractivity contribution >= 4 is 15.9 Å². The van der Waals surface area contributed by atoms with Crippen molar-refractivity contribution in [3.8, 4) is 0 Å². The minimum atomic E-state index is -0.422. The molecule has 1 fully saturated rings. The average molecular weight is 316 g/mol. The normalized spacial score (nSPS) is 28.3. The van der Waals surface area contributed by atoms with Crippen LogP contribution in [-0.4, -0.2) is 17.8 Å². The lowest BCUT2D eigenvalue weighted by Gasteiger charge is -2.41. The number of aliphatic hydroxyl groups is 1. The van der Waals surface area contributed by atoms with E-state index in [1.54, 1.807) is 12.1 Å². The van der Waals surface area contributed by atoms with Gasteiger partial charge in [-0.1, -0.05) is 28.8 Å². The minimum absolute atomic E-state index is 0.219. The van der Waals surface area contributed by atoms with Gasteiger partial charge in [0, 0.05) is 16.4 Å². The molecule has 0 saturated heterocycles. The molecule has 18 heavy (non-hydrogen) atoms. The Morgan fingerprint density at radius 1 is 1.44 bits per heavy atom. The lowest BCUT2D eigenvalue weighted by molar-refractivity contribution is -0.00631. The lowest BCUT2D eigenvalue weighted by atomic mass is 9.68. The summed E-state index contributed by atoms with van der Waals surface area (Å²) >= 11 is 3.36. The molecule has 1 saturated carbocycles. The van der Waals surface area contributed by atoms with Gasteiger partial charge in [0.1, 0.15) is 5.82 Å². The predicted octanol–water partition coefficient (Wildman–Crippen LogP) is 3.01. The first-order valence-electron chi connectivity index (χ1n) is 6.39. The van der Waals surface area contributed by atoms with E-state index in [1.807, 2.05) is 0 Å². The minimum Gasteiger partial charge on any atom is -0.392 e. The van der Waals surface area contributed by atoms with Crippen molar-refractivity contribution in [2.75, 3.05) is 6.54 Å². The molecule has 0 radical (unpaired) electrons. The van der Waals surface area contributed by atoms with Crippen molar-refractivity contribution in [3.05, 3.63) is 34.1 Å². The average Bonchev–Trinajstić information content (AvgIpc) is 2.37. The van der Waals surface area contributed by atoms with Crippen LogP contribution in [-0.2, 0) is 6.42 Å². The highest BCUT2D eigenvalue weighted by Crippen LogP contribution is 2.39. The zero-order valence-electron chi connectivity index (χ0n) is 10.3. The van der Waals surface area contributed by atoms with Gasteiger partial charge in [0.05, 0.1) is 6.10 Å². The zero-order valence-corrected chi connectivity index (χ0v) is 11.9. The molecule has 2 rings (SSSR count). The van der Waals surface area contributed by atoms with Gasteiger partial charge in [0.2, 0.25) is 0 Å². The Labute approximate surface area is 116 Å². The molecule has 1 aromatic carbocycles. The molecule has 4 heteroatoms. The summed E-state index contributed by atoms with van der Waals surface area (Å²) in [5.74, 6) is -0.219. The van der Waals surface area contributed by atoms with E-state index in [9.17, 15) is 9.50 Å². The molecule has 2 atom stereocenters. The van der Waals surface area contributed by atoms with Crippen LogP contribution in [0.15, 0.2) is 22.7 Å². The third-order valence-electron chi connectivity index (χ3n) is 4.07. The second-order valence-corrected chi connectivity index (χ2v) is 6.16. The molecule has 1 aliphatic carbocycles. The first kappa shape index (κ1) is 14.0. The Kier molecular flexibility index (Phi) is 4.41. The third kappa shape index (κ3) is 2.76. The second kappa shape index (κ2) is 5.68. The van der Waals surface area contributed by atoms with Crippen LogP contribution in [0.25, 0.3) is 0 Å². The van der Waals surface area contributed by atoms with Crippen LogP contribution < -0.4 is 5.73 Å². The largest absolute Gasteiger partial charge is 0.392 e. The van der Waals surface area contributed by atoms with Gasteiger partial charge in [0.25, 0.3) is 0 Å². The number of benzene rings is 1. The van der Waals surface area contributed by atoms with E-state index in [0.29, 0.717) is 18.5 Å². The van der Waals surface area contributed by atoms with Gasteiger partial charge in [-0.15, -0.1) is 0 Å². The fourth-order valence-electron chi connectivity index (χ4n) is 2.86. The number of nitrogens with two attached hydrogens (primary N) is 1. The molecular formula is C14H19BrFNO. The molecule has 0 amide bonds. The monoisotopic (exact) mass is 315 g/mol. The van der Waals surface area contributed by atoms with Crippen molar-refractivity contribution in [1.29, 1.82) is 0 Å². The molecule has 0 bridgehead atoms. The molecule has 0 spiro atoms. The topological polar surface area (TPSA) is 46.2 Å². The summed E-state index contributed by atoms with van der Waals surface area (Å²) in [6.45, 7) is 0.403. The molecule has 100 valence electrons. The first-order chi connectivity index (χ1) is 8.57. The van der Waals surface area contributed by atoms with E-state index in [-0.39, 0.29) is 11.2 Å². The Hall–Kier alpha value is -0.450. The summed E-state index contributed by atoms with van der Waals surface area (Å²) in [6.07, 6.45) is 3.82. The van der Waals surface area contributed by atoms with Gasteiger partial charge in [0.15, 0.2) is 0 Å². The van der Waals surface area contributed by atoms with Crippen LogP contribution in [0.5, 0.6) is 0 Å². The molecule has 2 unspecified atom stereocenters. The Morgan fingerprint density at radius 2 is 2.22 bits per heavy atom. The maximum absolute atomic E-state index is 13.8. The summed E-state index contributed by atoms with van der Waals surface area (Å²) in [7, 11) is 0. The van der Waals surface area contributed by atoms with Crippen molar-refractivity contribution < 1.29 is 9.50 Å². The highest BCUT2D eigenvalue weighted by Gasteiger charge is 2.39. The molecule has 3 N–H and O–H groups in total. The highest BCUT2D eigenvalue weighted by molar-refractivity contribution is 9.10. The van der Waals surface area contributed by atoms with Crippen LogP contribution >= 0.6 is 15.9 Å². The van der Waals surface area contributed by atoms with E-state index in [4.69, 9.17) is 5.73 Å². The first-order valence-corrected chi connectivity index (χ1v) is 7.19. The van der Waals surface area contributed by atoms with Gasteiger partial charge in [-0.25, -0.2) is 4.39 Å². The maximum atomic E-state index is 13.8. The number of aliphatic hydroxyl groups excluding tert-OH is 1. The van der Waals surface area contributed by atoms with Crippen LogP contribution in [0.2, 0.25) is 0 Å². The summed E-state index contributed by atoms with van der Waals surface area (Å²) in [4.78, 5) is 0. The number of hydrogen-bond acceptors (Lipinski definition) is 2. The van der Waals surface area contributed by atoms with Crippen molar-refractivity contribution in [2.45, 2.75) is 38.2 Å². The molecular weight excluding hydrogens is 297 g/mol. The predicted molar refractivity (Wildman–Crippen MR) is 73.8 cm³/mol. The molecule has 2 nitrogen and oxygen atoms in total. The van der Waals surface area contributed by atoms with E-state index >= 15 is 0 Å². The fourth-order valence-corrected chi connectivity index (χ4v) is 3.27. The molecule has 0 aromatic heterocycles. The summed E-state index contributed by atoms with van der Waals surface area (Å²) in [5.41, 5.74) is 6.14. The second-order valence-electron chi connectivity index (χ2n) is 5.24. The number of hydrogen-bond donors (Lipinski definition) is 2. The van der Waals surface area contributed by atoms with E-state index in [2.05, 4.69) is 15.9 Å². The van der Waals surface area contributed by atoms with Crippen LogP contribution in [0, 0.1) is 11.2 Å². The molecule has 1 aromatic rings. The maximum Gasteiger partial charge on any atom is 0.126 e. The van der Waals surface area contributed by atoms with Gasteiger partial charge < -0.3 is 10.8 Å². The quantitative estimate of drug-likeness (QED) is 0.900.